The summed E-state index contributed by atoms with van der Waals surface area (Å²) in [5.74, 6) is 0.292. The van der Waals surface area contributed by atoms with E-state index >= 15 is 0 Å². The van der Waals surface area contributed by atoms with Crippen molar-refractivity contribution in [3.8, 4) is 11.5 Å². The van der Waals surface area contributed by atoms with Gasteiger partial charge in [0.25, 0.3) is 0 Å². The van der Waals surface area contributed by atoms with Gasteiger partial charge in [-0.25, -0.2) is 0 Å². The summed E-state index contributed by atoms with van der Waals surface area (Å²) in [5, 5.41) is 8.71. The van der Waals surface area contributed by atoms with Crippen LogP contribution in [0.3, 0.4) is 0 Å². The van der Waals surface area contributed by atoms with E-state index in [9.17, 15) is 4.79 Å². The molecule has 0 saturated carbocycles. The smallest absolute Gasteiger partial charge is 0.305 e. The summed E-state index contributed by atoms with van der Waals surface area (Å²) in [5.41, 5.74) is 6.51. The Balaban J connectivity index is 2.86. The number of rotatable bonds is 7. The van der Waals surface area contributed by atoms with E-state index < -0.39 is 12.0 Å². The third-order valence-electron chi connectivity index (χ3n) is 2.47. The van der Waals surface area contributed by atoms with Gasteiger partial charge in [0.05, 0.1) is 20.1 Å². The Labute approximate surface area is 107 Å². The highest BCUT2D eigenvalue weighted by Crippen LogP contribution is 2.30. The SMILES string of the molecule is CCCOc1ccc(C(N)CC(=O)O)cc1OC. The molecule has 0 radical (unpaired) electrons. The Bertz CT molecular complexity index is 406. The van der Waals surface area contributed by atoms with Crippen LogP contribution >= 0.6 is 0 Å². The summed E-state index contributed by atoms with van der Waals surface area (Å²) in [4.78, 5) is 10.6. The van der Waals surface area contributed by atoms with Gasteiger partial charge >= 0.3 is 5.97 Å². The molecule has 0 aliphatic carbocycles. The largest absolute Gasteiger partial charge is 0.493 e. The van der Waals surface area contributed by atoms with Crippen LogP contribution in [0.4, 0.5) is 0 Å². The number of carboxylic acid groups (broad SMARTS) is 1. The number of ether oxygens (including phenoxy) is 2. The molecule has 3 N–H and O–H groups in total. The van der Waals surface area contributed by atoms with Gasteiger partial charge in [0, 0.05) is 6.04 Å². The molecule has 0 bridgehead atoms. The topological polar surface area (TPSA) is 81.8 Å². The molecule has 0 aliphatic heterocycles. The maximum absolute atomic E-state index is 10.6. The number of benzene rings is 1. The summed E-state index contributed by atoms with van der Waals surface area (Å²) in [6, 6.07) is 4.70. The number of nitrogens with two attached hydrogens (primary N) is 1. The predicted molar refractivity (Wildman–Crippen MR) is 68.0 cm³/mol. The molecule has 0 aliphatic rings. The van der Waals surface area contributed by atoms with Gasteiger partial charge in [-0.15, -0.1) is 0 Å². The average Bonchev–Trinajstić information content (AvgIpc) is 2.35. The van der Waals surface area contributed by atoms with Crippen LogP contribution in [0.2, 0.25) is 0 Å². The van der Waals surface area contributed by atoms with Gasteiger partial charge in [0.2, 0.25) is 0 Å². The van der Waals surface area contributed by atoms with E-state index in [1.165, 1.54) is 0 Å². The molecule has 5 heteroatoms. The van der Waals surface area contributed by atoms with Crippen molar-refractivity contribution in [1.29, 1.82) is 0 Å². The van der Waals surface area contributed by atoms with Crippen LogP contribution in [0.25, 0.3) is 0 Å². The number of hydrogen-bond acceptors (Lipinski definition) is 4. The van der Waals surface area contributed by atoms with E-state index in [-0.39, 0.29) is 6.42 Å². The molecule has 1 rings (SSSR count). The minimum absolute atomic E-state index is 0.113. The van der Waals surface area contributed by atoms with Crippen molar-refractivity contribution in [3.63, 3.8) is 0 Å². The Morgan fingerprint density at radius 2 is 2.17 bits per heavy atom. The standard InChI is InChI=1S/C13H19NO4/c1-3-6-18-11-5-4-9(7-12(11)17-2)10(14)8-13(15)16/h4-5,7,10H,3,6,8,14H2,1-2H3,(H,15,16). The highest BCUT2D eigenvalue weighted by atomic mass is 16.5. The minimum Gasteiger partial charge on any atom is -0.493 e. The lowest BCUT2D eigenvalue weighted by Gasteiger charge is -2.14. The minimum atomic E-state index is -0.923. The first kappa shape index (κ1) is 14.3. The van der Waals surface area contributed by atoms with Gasteiger partial charge in [-0.05, 0) is 24.1 Å². The predicted octanol–water partition coefficient (Wildman–Crippen LogP) is 1.96. The maximum Gasteiger partial charge on any atom is 0.305 e. The van der Waals surface area contributed by atoms with Crippen LogP contribution in [0, 0.1) is 0 Å². The van der Waals surface area contributed by atoms with Crippen molar-refractivity contribution in [2.45, 2.75) is 25.8 Å². The molecule has 0 saturated heterocycles. The second-order valence-electron chi connectivity index (χ2n) is 3.96. The van der Waals surface area contributed by atoms with E-state index in [1.54, 1.807) is 25.3 Å². The summed E-state index contributed by atoms with van der Waals surface area (Å²) in [6.07, 6.45) is 0.793. The zero-order chi connectivity index (χ0) is 13.5. The first-order valence-corrected chi connectivity index (χ1v) is 5.86. The molecule has 0 amide bonds. The van der Waals surface area contributed by atoms with Crippen LogP contribution in [0.5, 0.6) is 11.5 Å². The molecule has 100 valence electrons. The quantitative estimate of drug-likeness (QED) is 0.776. The molecule has 1 atom stereocenters. The monoisotopic (exact) mass is 253 g/mol. The lowest BCUT2D eigenvalue weighted by Crippen LogP contribution is -2.15. The Hall–Kier alpha value is -1.75. The summed E-state index contributed by atoms with van der Waals surface area (Å²) < 4.78 is 10.7. The van der Waals surface area contributed by atoms with Gasteiger partial charge in [0.15, 0.2) is 11.5 Å². The summed E-state index contributed by atoms with van der Waals surface area (Å²) in [7, 11) is 1.54. The van der Waals surface area contributed by atoms with Gasteiger partial charge in [-0.1, -0.05) is 13.0 Å². The second-order valence-corrected chi connectivity index (χ2v) is 3.96. The van der Waals surface area contributed by atoms with E-state index in [1.807, 2.05) is 6.92 Å². The van der Waals surface area contributed by atoms with Gasteiger partial charge in [-0.2, -0.15) is 0 Å². The number of carbonyl (C=O) groups is 1. The molecule has 18 heavy (non-hydrogen) atoms. The van der Waals surface area contributed by atoms with Crippen molar-refractivity contribution in [3.05, 3.63) is 23.8 Å². The van der Waals surface area contributed by atoms with Crippen LogP contribution in [-0.2, 0) is 4.79 Å². The Morgan fingerprint density at radius 1 is 1.44 bits per heavy atom. The fourth-order valence-electron chi connectivity index (χ4n) is 1.55. The van der Waals surface area contributed by atoms with Gasteiger partial charge in [0.1, 0.15) is 0 Å². The molecule has 0 aromatic heterocycles. The lowest BCUT2D eigenvalue weighted by molar-refractivity contribution is -0.137. The van der Waals surface area contributed by atoms with Crippen LogP contribution < -0.4 is 15.2 Å². The van der Waals surface area contributed by atoms with E-state index in [2.05, 4.69) is 0 Å². The van der Waals surface area contributed by atoms with Crippen LogP contribution in [-0.4, -0.2) is 24.8 Å². The first-order valence-electron chi connectivity index (χ1n) is 5.86. The third kappa shape index (κ3) is 3.92. The number of methoxy groups -OCH3 is 1. The van der Waals surface area contributed by atoms with Crippen LogP contribution in [0.15, 0.2) is 18.2 Å². The van der Waals surface area contributed by atoms with Crippen molar-refractivity contribution in [1.82, 2.24) is 0 Å². The second kappa shape index (κ2) is 6.86. The molecule has 0 spiro atoms. The molecule has 1 aromatic rings. The molecule has 0 fully saturated rings. The molecule has 0 heterocycles. The van der Waals surface area contributed by atoms with Gasteiger partial charge in [-0.3, -0.25) is 4.79 Å². The van der Waals surface area contributed by atoms with E-state index in [4.69, 9.17) is 20.3 Å². The van der Waals surface area contributed by atoms with Crippen molar-refractivity contribution < 1.29 is 19.4 Å². The highest BCUT2D eigenvalue weighted by Gasteiger charge is 2.13. The molecule has 1 unspecified atom stereocenters. The fourth-order valence-corrected chi connectivity index (χ4v) is 1.55. The zero-order valence-electron chi connectivity index (χ0n) is 10.7. The molecular formula is C13H19NO4. The maximum atomic E-state index is 10.6. The van der Waals surface area contributed by atoms with E-state index in [0.717, 1.165) is 12.0 Å². The molecule has 1 aromatic carbocycles. The zero-order valence-corrected chi connectivity index (χ0v) is 10.7. The Morgan fingerprint density at radius 3 is 2.72 bits per heavy atom. The number of aliphatic carboxylic acids is 1. The highest BCUT2D eigenvalue weighted by molar-refractivity contribution is 5.68. The summed E-state index contributed by atoms with van der Waals surface area (Å²) >= 11 is 0. The Kier molecular flexibility index (Phi) is 5.45. The van der Waals surface area contributed by atoms with Gasteiger partial charge < -0.3 is 20.3 Å². The van der Waals surface area contributed by atoms with Crippen molar-refractivity contribution in [2.24, 2.45) is 5.73 Å². The lowest BCUT2D eigenvalue weighted by atomic mass is 10.0. The first-order chi connectivity index (χ1) is 8.58. The normalized spacial score (nSPS) is 11.9. The third-order valence-corrected chi connectivity index (χ3v) is 2.47. The number of carboxylic acids is 1. The van der Waals surface area contributed by atoms with Crippen LogP contribution in [0.1, 0.15) is 31.4 Å². The molecular weight excluding hydrogens is 234 g/mol. The van der Waals surface area contributed by atoms with E-state index in [0.29, 0.717) is 18.1 Å². The average molecular weight is 253 g/mol. The van der Waals surface area contributed by atoms with Crippen molar-refractivity contribution in [2.75, 3.05) is 13.7 Å². The number of hydrogen-bond donors (Lipinski definition) is 2. The fraction of sp³-hybridized carbons (Fsp3) is 0.462. The van der Waals surface area contributed by atoms with Crippen molar-refractivity contribution >= 4 is 5.97 Å². The molecule has 5 nitrogen and oxygen atoms in total. The summed E-state index contributed by atoms with van der Waals surface area (Å²) in [6.45, 7) is 2.63.